The van der Waals surface area contributed by atoms with Crippen molar-refractivity contribution in [3.8, 4) is 0 Å². The van der Waals surface area contributed by atoms with Gasteiger partial charge in [0.25, 0.3) is 0 Å². The van der Waals surface area contributed by atoms with Gasteiger partial charge in [0.05, 0.1) is 10.2 Å². The molecule has 1 N–H and O–H groups in total. The first kappa shape index (κ1) is 15.6. The maximum Gasteiger partial charge on any atom is 0.185 e. The van der Waals surface area contributed by atoms with Gasteiger partial charge in [-0.15, -0.1) is 0 Å². The number of hydrogen-bond donors (Lipinski definition) is 1. The zero-order valence-corrected chi connectivity index (χ0v) is 15.5. The monoisotopic (exact) mass is 366 g/mol. The van der Waals surface area contributed by atoms with Crippen LogP contribution in [0.15, 0.2) is 36.4 Å². The van der Waals surface area contributed by atoms with Gasteiger partial charge in [0.15, 0.2) is 5.13 Å². The fourth-order valence-electron chi connectivity index (χ4n) is 3.70. The summed E-state index contributed by atoms with van der Waals surface area (Å²) in [6, 6.07) is 11.5. The van der Waals surface area contributed by atoms with Crippen molar-refractivity contribution in [1.29, 1.82) is 0 Å². The number of hydrogen-bond acceptors (Lipinski definition) is 4. The number of halogens is 1. The van der Waals surface area contributed by atoms with Crippen LogP contribution in [0, 0.1) is 5.82 Å². The van der Waals surface area contributed by atoms with Crippen LogP contribution in [0.3, 0.4) is 0 Å². The quantitative estimate of drug-likeness (QED) is 0.565. The van der Waals surface area contributed by atoms with Gasteiger partial charge in [0.1, 0.15) is 5.82 Å². The Labute approximate surface area is 154 Å². The van der Waals surface area contributed by atoms with Crippen molar-refractivity contribution in [1.82, 2.24) is 9.97 Å². The van der Waals surface area contributed by atoms with Gasteiger partial charge < -0.3 is 14.8 Å². The van der Waals surface area contributed by atoms with E-state index in [0.29, 0.717) is 0 Å². The molecule has 3 heterocycles. The normalized spacial score (nSPS) is 14.2. The third kappa shape index (κ3) is 2.44. The predicted molar refractivity (Wildman–Crippen MR) is 107 cm³/mol. The van der Waals surface area contributed by atoms with E-state index < -0.39 is 0 Å². The molecule has 0 bridgehead atoms. The van der Waals surface area contributed by atoms with E-state index in [9.17, 15) is 4.39 Å². The lowest BCUT2D eigenvalue weighted by Crippen LogP contribution is -2.29. The lowest BCUT2D eigenvalue weighted by atomic mass is 10.0. The maximum absolute atomic E-state index is 13.5. The molecule has 4 nitrogen and oxygen atoms in total. The molecular weight excluding hydrogens is 347 g/mol. The van der Waals surface area contributed by atoms with Gasteiger partial charge in [-0.05, 0) is 36.4 Å². The summed E-state index contributed by atoms with van der Waals surface area (Å²) in [5, 5.41) is 2.15. The first-order valence-electron chi connectivity index (χ1n) is 8.70. The molecule has 0 radical (unpaired) electrons. The minimum Gasteiger partial charge on any atom is -0.367 e. The number of aromatic nitrogens is 2. The summed E-state index contributed by atoms with van der Waals surface area (Å²) in [4.78, 5) is 12.5. The van der Waals surface area contributed by atoms with E-state index in [-0.39, 0.29) is 5.82 Å². The molecule has 6 heteroatoms. The lowest BCUT2D eigenvalue weighted by molar-refractivity contribution is 0.629. The second kappa shape index (κ2) is 5.71. The highest BCUT2D eigenvalue weighted by Gasteiger charge is 2.21. The SMILES string of the molecule is CN(C)c1nc2ccc(N3CCc4[nH]c5cc(F)ccc5c4C3)cc2s1. The molecule has 0 aliphatic carbocycles. The van der Waals surface area contributed by atoms with Crippen molar-refractivity contribution < 1.29 is 4.39 Å². The van der Waals surface area contributed by atoms with Crippen LogP contribution in [0.25, 0.3) is 21.1 Å². The summed E-state index contributed by atoms with van der Waals surface area (Å²) in [7, 11) is 4.04. The molecule has 2 aromatic heterocycles. The van der Waals surface area contributed by atoms with E-state index in [4.69, 9.17) is 0 Å². The number of nitrogens with zero attached hydrogens (tertiary/aromatic N) is 3. The number of fused-ring (bicyclic) bond motifs is 4. The fourth-order valence-corrected chi connectivity index (χ4v) is 4.62. The van der Waals surface area contributed by atoms with Gasteiger partial charge >= 0.3 is 0 Å². The summed E-state index contributed by atoms with van der Waals surface area (Å²) >= 11 is 1.72. The molecule has 0 saturated heterocycles. The lowest BCUT2D eigenvalue weighted by Gasteiger charge is -2.29. The Morgan fingerprint density at radius 3 is 2.92 bits per heavy atom. The second-order valence-corrected chi connectivity index (χ2v) is 8.00. The molecule has 0 saturated carbocycles. The highest BCUT2D eigenvalue weighted by Crippen LogP contribution is 2.34. The Morgan fingerprint density at radius 2 is 2.08 bits per heavy atom. The van der Waals surface area contributed by atoms with Crippen LogP contribution in [0.4, 0.5) is 15.2 Å². The maximum atomic E-state index is 13.5. The predicted octanol–water partition coefficient (Wildman–Crippen LogP) is 4.55. The molecule has 0 unspecified atom stereocenters. The Kier molecular flexibility index (Phi) is 3.43. The van der Waals surface area contributed by atoms with E-state index in [2.05, 4.69) is 33.1 Å². The summed E-state index contributed by atoms with van der Waals surface area (Å²) in [6.45, 7) is 1.79. The van der Waals surface area contributed by atoms with Crippen molar-refractivity contribution in [3.05, 3.63) is 53.5 Å². The molecule has 0 amide bonds. The van der Waals surface area contributed by atoms with Crippen LogP contribution in [0.5, 0.6) is 0 Å². The highest BCUT2D eigenvalue weighted by atomic mass is 32.1. The van der Waals surface area contributed by atoms with E-state index in [1.54, 1.807) is 23.5 Å². The molecule has 1 aliphatic rings. The van der Waals surface area contributed by atoms with Crippen LogP contribution in [-0.2, 0) is 13.0 Å². The molecule has 26 heavy (non-hydrogen) atoms. The first-order chi connectivity index (χ1) is 12.6. The van der Waals surface area contributed by atoms with Gasteiger partial charge in [-0.2, -0.15) is 0 Å². The minimum absolute atomic E-state index is 0.194. The Balaban J connectivity index is 1.52. The molecule has 0 spiro atoms. The molecule has 4 aromatic rings. The molecule has 0 atom stereocenters. The third-order valence-electron chi connectivity index (χ3n) is 5.05. The van der Waals surface area contributed by atoms with Gasteiger partial charge in [-0.3, -0.25) is 0 Å². The van der Waals surface area contributed by atoms with Gasteiger partial charge in [-0.1, -0.05) is 11.3 Å². The van der Waals surface area contributed by atoms with Gasteiger partial charge in [0.2, 0.25) is 0 Å². The Hall–Kier alpha value is -2.60. The number of aromatic amines is 1. The van der Waals surface area contributed by atoms with Crippen LogP contribution in [0.2, 0.25) is 0 Å². The van der Waals surface area contributed by atoms with Crippen LogP contribution < -0.4 is 9.80 Å². The minimum atomic E-state index is -0.194. The second-order valence-electron chi connectivity index (χ2n) is 6.99. The average molecular weight is 366 g/mol. The summed E-state index contributed by atoms with van der Waals surface area (Å²) in [6.07, 6.45) is 0.940. The Bertz CT molecular complexity index is 1130. The smallest absolute Gasteiger partial charge is 0.185 e. The molecule has 132 valence electrons. The van der Waals surface area contributed by atoms with Crippen LogP contribution >= 0.6 is 11.3 Å². The van der Waals surface area contributed by atoms with Gasteiger partial charge in [0, 0.05) is 61.5 Å². The van der Waals surface area contributed by atoms with Crippen molar-refractivity contribution in [2.45, 2.75) is 13.0 Å². The van der Waals surface area contributed by atoms with E-state index in [0.717, 1.165) is 41.1 Å². The molecule has 0 fully saturated rings. The fraction of sp³-hybridized carbons (Fsp3) is 0.250. The van der Waals surface area contributed by atoms with Crippen molar-refractivity contribution in [2.75, 3.05) is 30.4 Å². The topological polar surface area (TPSA) is 35.2 Å². The third-order valence-corrected chi connectivity index (χ3v) is 6.23. The summed E-state index contributed by atoms with van der Waals surface area (Å²) in [5.41, 5.74) is 5.67. The standard InChI is InChI=1S/C20H19FN4S/c1-24(2)20-23-17-6-4-13(10-19(17)26-20)25-8-7-16-15(11-25)14-5-3-12(21)9-18(14)22-16/h3-6,9-10,22H,7-8,11H2,1-2H3. The number of thiazole rings is 1. The van der Waals surface area contributed by atoms with Crippen molar-refractivity contribution in [2.24, 2.45) is 0 Å². The van der Waals surface area contributed by atoms with E-state index in [1.807, 2.05) is 25.1 Å². The van der Waals surface area contributed by atoms with Crippen LogP contribution in [-0.4, -0.2) is 30.6 Å². The molecule has 1 aliphatic heterocycles. The summed E-state index contributed by atoms with van der Waals surface area (Å²) in [5.74, 6) is -0.194. The van der Waals surface area contributed by atoms with Crippen molar-refractivity contribution in [3.63, 3.8) is 0 Å². The first-order valence-corrected chi connectivity index (χ1v) is 9.52. The number of rotatable bonds is 2. The zero-order valence-electron chi connectivity index (χ0n) is 14.7. The van der Waals surface area contributed by atoms with Crippen LogP contribution in [0.1, 0.15) is 11.3 Å². The number of H-pyrrole nitrogens is 1. The van der Waals surface area contributed by atoms with Crippen molar-refractivity contribution >= 4 is 43.3 Å². The van der Waals surface area contributed by atoms with E-state index >= 15 is 0 Å². The Morgan fingerprint density at radius 1 is 1.19 bits per heavy atom. The van der Waals surface area contributed by atoms with E-state index in [1.165, 1.54) is 21.6 Å². The molecule has 2 aromatic carbocycles. The average Bonchev–Trinajstić information content (AvgIpc) is 3.21. The number of anilines is 2. The largest absolute Gasteiger partial charge is 0.367 e. The molecule has 5 rings (SSSR count). The summed E-state index contributed by atoms with van der Waals surface area (Å²) < 4.78 is 14.7. The zero-order chi connectivity index (χ0) is 17.8. The molecular formula is C20H19FN4S. The highest BCUT2D eigenvalue weighted by molar-refractivity contribution is 7.22. The number of nitrogens with one attached hydrogen (secondary N) is 1. The number of benzene rings is 2. The van der Waals surface area contributed by atoms with Gasteiger partial charge in [-0.25, -0.2) is 9.37 Å².